The number of rotatable bonds is 1. The van der Waals surface area contributed by atoms with Gasteiger partial charge in [-0.2, -0.15) is 0 Å². The molecule has 0 aromatic heterocycles. The quantitative estimate of drug-likeness (QED) is 0.354. The molecule has 6 heavy (non-hydrogen) atoms. The molecule has 0 radical (unpaired) electrons. The third kappa shape index (κ3) is 3.01. The van der Waals surface area contributed by atoms with Crippen LogP contribution in [0.3, 0.4) is 0 Å². The van der Waals surface area contributed by atoms with Crippen LogP contribution in [0, 0.1) is 0 Å². The van der Waals surface area contributed by atoms with E-state index in [0.717, 1.165) is 0 Å². The van der Waals surface area contributed by atoms with Crippen LogP contribution in [-0.4, -0.2) is 16.2 Å². The molecule has 0 saturated carbocycles. The second-order valence-electron chi connectivity index (χ2n) is 0.654. The Bertz CT molecular complexity index is 74.1. The van der Waals surface area contributed by atoms with E-state index in [1.165, 1.54) is 0 Å². The van der Waals surface area contributed by atoms with Crippen molar-refractivity contribution in [2.24, 2.45) is 0 Å². The lowest BCUT2D eigenvalue weighted by Crippen LogP contribution is -1.84. The highest BCUT2D eigenvalue weighted by atomic mass is 16.4. The Balaban J connectivity index is 3.30. The van der Waals surface area contributed by atoms with E-state index in [0.29, 0.717) is 12.3 Å². The molecule has 0 heterocycles. The molecule has 0 aromatic rings. The number of carbonyl (C=O) groups is 1. The number of carboxylic acid groups (broad SMARTS) is 1. The fourth-order valence-electron chi connectivity index (χ4n) is 0.0638. The van der Waals surface area contributed by atoms with Crippen molar-refractivity contribution in [2.75, 3.05) is 0 Å². The zero-order chi connectivity index (χ0) is 4.99. The summed E-state index contributed by atoms with van der Waals surface area (Å²) in [6, 6.07) is 0. The Hall–Kier alpha value is -0.990. The molecule has 2 N–H and O–H groups in total. The monoisotopic (exact) mass is 88.0 g/mol. The zero-order valence-corrected chi connectivity index (χ0v) is 2.96. The van der Waals surface area contributed by atoms with Gasteiger partial charge in [-0.3, -0.25) is 0 Å². The molecule has 0 aromatic carbocycles. The van der Waals surface area contributed by atoms with Crippen molar-refractivity contribution < 1.29 is 15.0 Å². The van der Waals surface area contributed by atoms with Gasteiger partial charge in [0.05, 0.1) is 12.3 Å². The van der Waals surface area contributed by atoms with Crippen molar-refractivity contribution in [3.8, 4) is 0 Å². The van der Waals surface area contributed by atoms with E-state index in [2.05, 4.69) is 0 Å². The summed E-state index contributed by atoms with van der Waals surface area (Å²) in [4.78, 5) is 9.35. The Kier molecular flexibility index (Phi) is 1.89. The second-order valence-corrected chi connectivity index (χ2v) is 0.654. The van der Waals surface area contributed by atoms with Crippen LogP contribution in [0.4, 0.5) is 0 Å². The summed E-state index contributed by atoms with van der Waals surface area (Å²) >= 11 is 0. The Labute approximate surface area is 34.5 Å². The van der Waals surface area contributed by atoms with E-state index < -0.39 is 5.97 Å². The van der Waals surface area contributed by atoms with Gasteiger partial charge in [0.15, 0.2) is 0 Å². The van der Waals surface area contributed by atoms with E-state index in [4.69, 9.17) is 10.2 Å². The molecule has 0 aliphatic rings. The Morgan fingerprint density at radius 1 is 1.67 bits per heavy atom. The third-order valence-electron chi connectivity index (χ3n) is 0.217. The normalized spacial score (nSPS) is 9.33. The fraction of sp³-hybridized carbons (Fsp3) is 0. The molecule has 0 aliphatic carbocycles. The number of aliphatic hydroxyl groups is 1. The lowest BCUT2D eigenvalue weighted by atomic mass is 10.7. The second kappa shape index (κ2) is 2.26. The third-order valence-corrected chi connectivity index (χ3v) is 0.217. The van der Waals surface area contributed by atoms with Crippen LogP contribution in [0.2, 0.25) is 0 Å². The lowest BCUT2D eigenvalue weighted by molar-refractivity contribution is -0.131. The number of hydrogen-bond acceptors (Lipinski definition) is 2. The smallest absolute Gasteiger partial charge is 0.331 e. The van der Waals surface area contributed by atoms with Gasteiger partial charge >= 0.3 is 5.97 Å². The molecular formula is C3H4O3. The predicted octanol–water partition coefficient (Wildman–Crippen LogP) is 0.143. The van der Waals surface area contributed by atoms with Crippen LogP contribution in [0.1, 0.15) is 0 Å². The number of aliphatic hydroxyl groups excluding tert-OH is 1. The minimum atomic E-state index is -1.14. The fourth-order valence-corrected chi connectivity index (χ4v) is 0.0638. The molecule has 0 fully saturated rings. The molecule has 3 nitrogen and oxygen atoms in total. The minimum absolute atomic E-state index is 0.475. The molecule has 0 bridgehead atoms. The molecule has 0 spiro atoms. The summed E-state index contributed by atoms with van der Waals surface area (Å²) in [5.74, 6) is -1.14. The first-order valence-electron chi connectivity index (χ1n) is 1.31. The summed E-state index contributed by atoms with van der Waals surface area (Å²) in [5.41, 5.74) is 0. The maximum absolute atomic E-state index is 9.35. The molecule has 0 amide bonds. The first-order valence-corrected chi connectivity index (χ1v) is 1.31. The van der Waals surface area contributed by atoms with Gasteiger partial charge in [-0.1, -0.05) is 0 Å². The molecule has 0 atom stereocenters. The average molecular weight is 88.1 g/mol. The molecule has 0 saturated heterocycles. The van der Waals surface area contributed by atoms with Gasteiger partial charge < -0.3 is 10.2 Å². The van der Waals surface area contributed by atoms with Crippen molar-refractivity contribution in [1.82, 2.24) is 0 Å². The zero-order valence-electron chi connectivity index (χ0n) is 2.96. The summed E-state index contributed by atoms with van der Waals surface area (Å²) < 4.78 is 0. The van der Waals surface area contributed by atoms with Gasteiger partial charge in [-0.25, -0.2) is 4.79 Å². The molecule has 3 heteroatoms. The molecule has 0 unspecified atom stereocenters. The molecular weight excluding hydrogens is 84.0 g/mol. The Morgan fingerprint density at radius 2 is 2.17 bits per heavy atom. The standard InChI is InChI=1S/C3H4O3/c4-2-1-3(5)6/h1-2,4H,(H,5,6)/b2-1+. The number of aliphatic carboxylic acids is 1. The summed E-state index contributed by atoms with van der Waals surface area (Å²) in [7, 11) is 0. The SMILES string of the molecule is O=C(O)/C=C/O. The van der Waals surface area contributed by atoms with Crippen LogP contribution in [-0.2, 0) is 4.79 Å². The highest BCUT2D eigenvalue weighted by Gasteiger charge is 1.78. The van der Waals surface area contributed by atoms with Gasteiger partial charge in [0.2, 0.25) is 0 Å². The minimum Gasteiger partial charge on any atom is -0.515 e. The lowest BCUT2D eigenvalue weighted by Gasteiger charge is -1.68. The van der Waals surface area contributed by atoms with Gasteiger partial charge in [-0.05, 0) is 0 Å². The van der Waals surface area contributed by atoms with E-state index in [9.17, 15) is 4.79 Å². The number of carboxylic acids is 1. The van der Waals surface area contributed by atoms with Crippen molar-refractivity contribution in [2.45, 2.75) is 0 Å². The van der Waals surface area contributed by atoms with Gasteiger partial charge in [0.1, 0.15) is 0 Å². The highest BCUT2D eigenvalue weighted by Crippen LogP contribution is 1.62. The van der Waals surface area contributed by atoms with Crippen LogP contribution < -0.4 is 0 Å². The van der Waals surface area contributed by atoms with E-state index in [1.54, 1.807) is 0 Å². The first-order chi connectivity index (χ1) is 2.77. The maximum atomic E-state index is 9.35. The first kappa shape index (κ1) is 5.01. The number of hydrogen-bond donors (Lipinski definition) is 2. The summed E-state index contributed by atoms with van der Waals surface area (Å²) in [5, 5.41) is 15.3. The predicted molar refractivity (Wildman–Crippen MR) is 19.4 cm³/mol. The maximum Gasteiger partial charge on any atom is 0.331 e. The largest absolute Gasteiger partial charge is 0.515 e. The van der Waals surface area contributed by atoms with Crippen molar-refractivity contribution >= 4 is 5.97 Å². The van der Waals surface area contributed by atoms with Gasteiger partial charge in [-0.15, -0.1) is 0 Å². The van der Waals surface area contributed by atoms with E-state index in [1.807, 2.05) is 0 Å². The van der Waals surface area contributed by atoms with Crippen LogP contribution in [0.5, 0.6) is 0 Å². The molecule has 34 valence electrons. The highest BCUT2D eigenvalue weighted by molar-refractivity contribution is 5.79. The van der Waals surface area contributed by atoms with E-state index in [-0.39, 0.29) is 0 Å². The van der Waals surface area contributed by atoms with Crippen LogP contribution >= 0.6 is 0 Å². The van der Waals surface area contributed by atoms with Gasteiger partial charge in [0, 0.05) is 0 Å². The molecule has 0 aliphatic heterocycles. The molecule has 0 rings (SSSR count). The average Bonchev–Trinajstić information content (AvgIpc) is 1.35. The van der Waals surface area contributed by atoms with Crippen LogP contribution in [0.15, 0.2) is 12.3 Å². The van der Waals surface area contributed by atoms with E-state index >= 15 is 0 Å². The van der Waals surface area contributed by atoms with Crippen molar-refractivity contribution in [1.29, 1.82) is 0 Å². The Morgan fingerprint density at radius 3 is 2.17 bits per heavy atom. The summed E-state index contributed by atoms with van der Waals surface area (Å²) in [6.07, 6.45) is 1.11. The van der Waals surface area contributed by atoms with Crippen molar-refractivity contribution in [3.63, 3.8) is 0 Å². The van der Waals surface area contributed by atoms with Crippen molar-refractivity contribution in [3.05, 3.63) is 12.3 Å². The van der Waals surface area contributed by atoms with Gasteiger partial charge in [0.25, 0.3) is 0 Å². The summed E-state index contributed by atoms with van der Waals surface area (Å²) in [6.45, 7) is 0. The topological polar surface area (TPSA) is 57.5 Å². The van der Waals surface area contributed by atoms with Crippen LogP contribution in [0.25, 0.3) is 0 Å².